The number of hydrogen-bond acceptors (Lipinski definition) is 3. The van der Waals surface area contributed by atoms with E-state index in [1.54, 1.807) is 7.11 Å². The van der Waals surface area contributed by atoms with E-state index in [-0.39, 0.29) is 29.7 Å². The number of piperidine rings is 1. The SMILES string of the molecule is COc1ccc(C2CCC3C[C@@H](c4ccccc4)N4C(=O)CC[C@@H]2[C@@]34O)cc1. The number of rotatable bonds is 3. The molecule has 2 aliphatic heterocycles. The zero-order chi connectivity index (χ0) is 19.3. The fourth-order valence-electron chi connectivity index (χ4n) is 6.08. The van der Waals surface area contributed by atoms with Gasteiger partial charge in [-0.25, -0.2) is 0 Å². The van der Waals surface area contributed by atoms with Crippen LogP contribution in [0.15, 0.2) is 54.6 Å². The first kappa shape index (κ1) is 17.7. The number of hydrogen-bond donors (Lipinski definition) is 1. The van der Waals surface area contributed by atoms with Gasteiger partial charge < -0.3 is 14.7 Å². The first-order valence-electron chi connectivity index (χ1n) is 10.4. The highest BCUT2D eigenvalue weighted by Crippen LogP contribution is 2.60. The van der Waals surface area contributed by atoms with Gasteiger partial charge in [0.1, 0.15) is 11.5 Å². The third-order valence-corrected chi connectivity index (χ3v) is 7.33. The third kappa shape index (κ3) is 2.51. The lowest BCUT2D eigenvalue weighted by Gasteiger charge is -2.53. The number of ether oxygens (including phenoxy) is 1. The Morgan fingerprint density at radius 3 is 2.46 bits per heavy atom. The van der Waals surface area contributed by atoms with Crippen molar-refractivity contribution in [2.45, 2.75) is 49.8 Å². The normalized spacial score (nSPS) is 34.2. The van der Waals surface area contributed by atoms with E-state index in [2.05, 4.69) is 24.3 Å². The molecule has 3 fully saturated rings. The van der Waals surface area contributed by atoms with Crippen LogP contribution in [0, 0.1) is 11.8 Å². The molecule has 1 amide bonds. The van der Waals surface area contributed by atoms with E-state index in [1.165, 1.54) is 5.56 Å². The first-order chi connectivity index (χ1) is 13.6. The van der Waals surface area contributed by atoms with Gasteiger partial charge in [-0.1, -0.05) is 42.5 Å². The molecule has 1 saturated carbocycles. The van der Waals surface area contributed by atoms with Gasteiger partial charge in [0.2, 0.25) is 5.91 Å². The Labute approximate surface area is 166 Å². The molecule has 1 aliphatic carbocycles. The number of benzene rings is 2. The molecular formula is C24H27NO3. The van der Waals surface area contributed by atoms with Gasteiger partial charge in [-0.2, -0.15) is 0 Å². The van der Waals surface area contributed by atoms with E-state index >= 15 is 0 Å². The van der Waals surface area contributed by atoms with Crippen molar-refractivity contribution in [3.05, 3.63) is 65.7 Å². The predicted octanol–water partition coefficient (Wildman–Crippen LogP) is 4.26. The molecule has 4 nitrogen and oxygen atoms in total. The lowest BCUT2D eigenvalue weighted by Crippen LogP contribution is -2.62. The van der Waals surface area contributed by atoms with Crippen LogP contribution in [0.5, 0.6) is 5.75 Å². The van der Waals surface area contributed by atoms with Crippen molar-refractivity contribution in [2.75, 3.05) is 7.11 Å². The summed E-state index contributed by atoms with van der Waals surface area (Å²) in [6.07, 6.45) is 4.17. The summed E-state index contributed by atoms with van der Waals surface area (Å²) in [6.45, 7) is 0. The lowest BCUT2D eigenvalue weighted by molar-refractivity contribution is -0.207. The molecule has 146 valence electrons. The smallest absolute Gasteiger partial charge is 0.225 e. The Balaban J connectivity index is 1.53. The molecular weight excluding hydrogens is 350 g/mol. The standard InChI is InChI=1S/C24H27NO3/c1-28-19-10-7-16(8-11-19)20-12-9-18-15-22(17-5-3-2-4-6-17)25-23(26)14-13-21(20)24(18,25)27/h2-8,10-11,18,20-22,27H,9,12-15H2,1H3/t18?,20?,21-,22-,24-/m0/s1. The highest BCUT2D eigenvalue weighted by Gasteiger charge is 2.63. The molecule has 2 aromatic rings. The van der Waals surface area contributed by atoms with Gasteiger partial charge in [0.05, 0.1) is 13.2 Å². The van der Waals surface area contributed by atoms with Gasteiger partial charge in [-0.05, 0) is 54.9 Å². The van der Waals surface area contributed by atoms with Crippen molar-refractivity contribution in [1.29, 1.82) is 0 Å². The topological polar surface area (TPSA) is 49.8 Å². The van der Waals surface area contributed by atoms with Crippen LogP contribution in [0.3, 0.4) is 0 Å². The number of aliphatic hydroxyl groups is 1. The average molecular weight is 377 g/mol. The van der Waals surface area contributed by atoms with E-state index < -0.39 is 5.72 Å². The van der Waals surface area contributed by atoms with E-state index in [0.29, 0.717) is 6.42 Å². The maximum Gasteiger partial charge on any atom is 0.225 e. The fraction of sp³-hybridized carbons (Fsp3) is 0.458. The molecule has 5 atom stereocenters. The quantitative estimate of drug-likeness (QED) is 0.869. The molecule has 1 N–H and O–H groups in total. The summed E-state index contributed by atoms with van der Waals surface area (Å²) in [5, 5.41) is 12.0. The summed E-state index contributed by atoms with van der Waals surface area (Å²) >= 11 is 0. The van der Waals surface area contributed by atoms with Crippen LogP contribution in [-0.2, 0) is 4.79 Å². The second-order valence-electron chi connectivity index (χ2n) is 8.51. The Morgan fingerprint density at radius 2 is 1.75 bits per heavy atom. The number of amides is 1. The van der Waals surface area contributed by atoms with Gasteiger partial charge in [-0.15, -0.1) is 0 Å². The zero-order valence-corrected chi connectivity index (χ0v) is 16.3. The minimum atomic E-state index is -1.03. The highest BCUT2D eigenvalue weighted by atomic mass is 16.5. The van der Waals surface area contributed by atoms with E-state index in [1.807, 2.05) is 35.2 Å². The van der Waals surface area contributed by atoms with Gasteiger partial charge in [-0.3, -0.25) is 4.79 Å². The van der Waals surface area contributed by atoms with Crippen LogP contribution in [0.4, 0.5) is 0 Å². The van der Waals surface area contributed by atoms with Crippen LogP contribution < -0.4 is 4.74 Å². The number of methoxy groups -OCH3 is 1. The van der Waals surface area contributed by atoms with Crippen LogP contribution in [0.2, 0.25) is 0 Å². The monoisotopic (exact) mass is 377 g/mol. The lowest BCUT2D eigenvalue weighted by atomic mass is 9.63. The van der Waals surface area contributed by atoms with Gasteiger partial charge in [0, 0.05) is 18.3 Å². The molecule has 0 bridgehead atoms. The summed E-state index contributed by atoms with van der Waals surface area (Å²) in [7, 11) is 1.68. The molecule has 0 radical (unpaired) electrons. The predicted molar refractivity (Wildman–Crippen MR) is 107 cm³/mol. The van der Waals surface area contributed by atoms with Crippen molar-refractivity contribution in [3.63, 3.8) is 0 Å². The largest absolute Gasteiger partial charge is 0.497 e. The zero-order valence-electron chi connectivity index (χ0n) is 16.3. The third-order valence-electron chi connectivity index (χ3n) is 7.33. The van der Waals surface area contributed by atoms with Crippen LogP contribution >= 0.6 is 0 Å². The van der Waals surface area contributed by atoms with Gasteiger partial charge >= 0.3 is 0 Å². The number of nitrogens with zero attached hydrogens (tertiary/aromatic N) is 1. The first-order valence-corrected chi connectivity index (χ1v) is 10.4. The molecule has 0 aromatic heterocycles. The Kier molecular flexibility index (Phi) is 4.20. The molecule has 3 aliphatic rings. The van der Waals surface area contributed by atoms with Crippen LogP contribution in [-0.4, -0.2) is 28.7 Å². The molecule has 2 saturated heterocycles. The minimum Gasteiger partial charge on any atom is -0.497 e. The molecule has 28 heavy (non-hydrogen) atoms. The fourth-order valence-corrected chi connectivity index (χ4v) is 6.08. The van der Waals surface area contributed by atoms with Crippen molar-refractivity contribution >= 4 is 5.91 Å². The maximum atomic E-state index is 13.0. The maximum absolute atomic E-state index is 13.0. The summed E-state index contributed by atoms with van der Waals surface area (Å²) in [6, 6.07) is 18.4. The summed E-state index contributed by atoms with van der Waals surface area (Å²) in [5.41, 5.74) is 1.36. The molecule has 2 aromatic carbocycles. The second-order valence-corrected chi connectivity index (χ2v) is 8.51. The van der Waals surface area contributed by atoms with E-state index in [4.69, 9.17) is 4.74 Å². The van der Waals surface area contributed by atoms with Crippen molar-refractivity contribution in [2.24, 2.45) is 11.8 Å². The van der Waals surface area contributed by atoms with Crippen LogP contribution in [0.25, 0.3) is 0 Å². The molecule has 4 heteroatoms. The van der Waals surface area contributed by atoms with Crippen LogP contribution in [0.1, 0.15) is 55.2 Å². The molecule has 5 rings (SSSR count). The van der Waals surface area contributed by atoms with Gasteiger partial charge in [0.25, 0.3) is 0 Å². The second kappa shape index (κ2) is 6.63. The summed E-state index contributed by atoms with van der Waals surface area (Å²) in [4.78, 5) is 14.8. The summed E-state index contributed by atoms with van der Waals surface area (Å²) in [5.74, 6) is 1.47. The number of carbonyl (C=O) groups excluding carboxylic acids is 1. The van der Waals surface area contributed by atoms with E-state index in [0.717, 1.165) is 37.0 Å². The Morgan fingerprint density at radius 1 is 1.00 bits per heavy atom. The van der Waals surface area contributed by atoms with E-state index in [9.17, 15) is 9.90 Å². The molecule has 2 unspecified atom stereocenters. The van der Waals surface area contributed by atoms with Gasteiger partial charge in [0.15, 0.2) is 0 Å². The van der Waals surface area contributed by atoms with Crippen molar-refractivity contribution in [1.82, 2.24) is 4.90 Å². The Hall–Kier alpha value is -2.33. The van der Waals surface area contributed by atoms with Crippen molar-refractivity contribution < 1.29 is 14.6 Å². The van der Waals surface area contributed by atoms with Crippen molar-refractivity contribution in [3.8, 4) is 5.75 Å². The molecule has 0 spiro atoms. The summed E-state index contributed by atoms with van der Waals surface area (Å²) < 4.78 is 5.30. The highest BCUT2D eigenvalue weighted by molar-refractivity contribution is 5.79. The Bertz CT molecular complexity index is 865. The average Bonchev–Trinajstić information content (AvgIpc) is 3.05. The molecule has 2 heterocycles. The number of carbonyl (C=O) groups is 1. The minimum absolute atomic E-state index is 0.0129.